The Hall–Kier alpha value is -1.42. The quantitative estimate of drug-likeness (QED) is 0.499. The second kappa shape index (κ2) is 10.3. The fraction of sp³-hybridized carbons (Fsp3) is 0.562. The molecule has 0 bridgehead atoms. The van der Waals surface area contributed by atoms with Crippen molar-refractivity contribution >= 4 is 23.4 Å². The molecule has 0 saturated heterocycles. The molecule has 0 atom stereocenters. The molecule has 0 fully saturated rings. The van der Waals surface area contributed by atoms with Crippen LogP contribution in [0.5, 0.6) is 5.75 Å². The number of unbranched alkanes of at least 4 members (excludes halogenated alkanes) is 3. The van der Waals surface area contributed by atoms with Crippen molar-refractivity contribution in [1.29, 1.82) is 0 Å². The predicted molar refractivity (Wildman–Crippen MR) is 86.6 cm³/mol. The van der Waals surface area contributed by atoms with Gasteiger partial charge in [-0.05, 0) is 18.6 Å². The summed E-state index contributed by atoms with van der Waals surface area (Å²) in [5.41, 5.74) is 0.737. The van der Waals surface area contributed by atoms with Crippen LogP contribution in [-0.2, 0) is 4.74 Å². The van der Waals surface area contributed by atoms with Crippen molar-refractivity contribution in [1.82, 2.24) is 0 Å². The molecule has 0 saturated carbocycles. The molecule has 0 radical (unpaired) electrons. The van der Waals surface area contributed by atoms with Crippen molar-refractivity contribution in [2.75, 3.05) is 31.0 Å². The third kappa shape index (κ3) is 6.71. The number of hydrogen-bond acceptors (Lipinski definition) is 3. The largest absolute Gasteiger partial charge is 0.494 e. The molecule has 1 aromatic rings. The Bertz CT molecular complexity index is 426. The number of anilines is 1. The molecule has 0 N–H and O–H groups in total. The second-order valence-corrected chi connectivity index (χ2v) is 5.15. The third-order valence-corrected chi connectivity index (χ3v) is 3.20. The molecule has 0 aliphatic heterocycles. The van der Waals surface area contributed by atoms with Gasteiger partial charge in [-0.1, -0.05) is 32.3 Å². The van der Waals surface area contributed by atoms with Gasteiger partial charge >= 0.3 is 6.09 Å². The molecule has 118 valence electrons. The Balaban J connectivity index is 2.49. The van der Waals surface area contributed by atoms with Crippen LogP contribution in [0.3, 0.4) is 0 Å². The predicted octanol–water partition coefficient (Wildman–Crippen LogP) is 4.46. The molecular formula is C16H24ClNO3. The minimum atomic E-state index is -0.421. The van der Waals surface area contributed by atoms with E-state index in [4.69, 9.17) is 21.1 Å². The van der Waals surface area contributed by atoms with E-state index in [1.165, 1.54) is 24.2 Å². The van der Waals surface area contributed by atoms with E-state index in [2.05, 4.69) is 6.92 Å². The van der Waals surface area contributed by atoms with Crippen LogP contribution in [-0.4, -0.2) is 32.2 Å². The first-order chi connectivity index (χ1) is 10.2. The van der Waals surface area contributed by atoms with Gasteiger partial charge in [0.05, 0.1) is 18.2 Å². The Labute approximate surface area is 132 Å². The minimum absolute atomic E-state index is 0.207. The molecule has 21 heavy (non-hydrogen) atoms. The molecule has 0 aliphatic rings. The van der Waals surface area contributed by atoms with Crippen LogP contribution >= 0.6 is 11.6 Å². The molecule has 5 heteroatoms. The van der Waals surface area contributed by atoms with Crippen LogP contribution in [0.1, 0.15) is 32.6 Å². The van der Waals surface area contributed by atoms with Crippen LogP contribution in [0, 0.1) is 0 Å². The third-order valence-electron chi connectivity index (χ3n) is 3.05. The topological polar surface area (TPSA) is 38.8 Å². The molecule has 0 unspecified atom stereocenters. The van der Waals surface area contributed by atoms with E-state index in [0.717, 1.165) is 17.9 Å². The van der Waals surface area contributed by atoms with Gasteiger partial charge in [0.1, 0.15) is 12.4 Å². The minimum Gasteiger partial charge on any atom is -0.494 e. The fourth-order valence-corrected chi connectivity index (χ4v) is 1.91. The van der Waals surface area contributed by atoms with Gasteiger partial charge in [0, 0.05) is 13.1 Å². The Morgan fingerprint density at radius 3 is 2.76 bits per heavy atom. The van der Waals surface area contributed by atoms with Gasteiger partial charge < -0.3 is 9.47 Å². The molecular weight excluding hydrogens is 290 g/mol. The van der Waals surface area contributed by atoms with E-state index >= 15 is 0 Å². The highest BCUT2D eigenvalue weighted by molar-refractivity contribution is 6.18. The maximum absolute atomic E-state index is 11.8. The van der Waals surface area contributed by atoms with Crippen molar-refractivity contribution in [3.8, 4) is 5.75 Å². The van der Waals surface area contributed by atoms with Gasteiger partial charge in [-0.15, -0.1) is 11.6 Å². The molecule has 0 aliphatic carbocycles. The maximum atomic E-state index is 11.8. The zero-order valence-electron chi connectivity index (χ0n) is 12.8. The lowest BCUT2D eigenvalue weighted by Crippen LogP contribution is -2.27. The number of carbonyl (C=O) groups excluding carboxylic acids is 1. The summed E-state index contributed by atoms with van der Waals surface area (Å²) in [6.45, 7) is 3.09. The highest BCUT2D eigenvalue weighted by atomic mass is 35.5. The molecule has 1 rings (SSSR count). The lowest BCUT2D eigenvalue weighted by Gasteiger charge is -2.17. The highest BCUT2D eigenvalue weighted by Crippen LogP contribution is 2.21. The normalized spacial score (nSPS) is 10.2. The van der Waals surface area contributed by atoms with Gasteiger partial charge in [-0.3, -0.25) is 4.90 Å². The smallest absolute Gasteiger partial charge is 0.414 e. The second-order valence-electron chi connectivity index (χ2n) is 4.77. The fourth-order valence-electron chi connectivity index (χ4n) is 1.83. The monoisotopic (exact) mass is 313 g/mol. The Morgan fingerprint density at radius 2 is 2.05 bits per heavy atom. The van der Waals surface area contributed by atoms with Crippen molar-refractivity contribution in [3.05, 3.63) is 24.3 Å². The van der Waals surface area contributed by atoms with E-state index in [1.807, 2.05) is 24.3 Å². The SMILES string of the molecule is CCCCCCOc1cccc(N(C)C(=O)OCCCl)c1. The summed E-state index contributed by atoms with van der Waals surface area (Å²) in [7, 11) is 1.66. The zero-order valence-corrected chi connectivity index (χ0v) is 13.6. The summed E-state index contributed by atoms with van der Waals surface area (Å²) in [5, 5.41) is 0. The average molecular weight is 314 g/mol. The van der Waals surface area contributed by atoms with Crippen LogP contribution in [0.4, 0.5) is 10.5 Å². The molecule has 0 spiro atoms. The van der Waals surface area contributed by atoms with Crippen LogP contribution in [0.2, 0.25) is 0 Å². The lowest BCUT2D eigenvalue weighted by molar-refractivity contribution is 0.162. The van der Waals surface area contributed by atoms with E-state index in [-0.39, 0.29) is 6.61 Å². The number of nitrogens with zero attached hydrogens (tertiary/aromatic N) is 1. The number of amides is 1. The van der Waals surface area contributed by atoms with Crippen molar-refractivity contribution in [3.63, 3.8) is 0 Å². The van der Waals surface area contributed by atoms with Crippen LogP contribution < -0.4 is 9.64 Å². The standard InChI is InChI=1S/C16H24ClNO3/c1-3-4-5-6-11-20-15-9-7-8-14(13-15)18(2)16(19)21-12-10-17/h7-9,13H,3-6,10-12H2,1-2H3. The van der Waals surface area contributed by atoms with E-state index in [0.29, 0.717) is 12.5 Å². The Kier molecular flexibility index (Phi) is 8.67. The van der Waals surface area contributed by atoms with Crippen LogP contribution in [0.25, 0.3) is 0 Å². The molecule has 0 heterocycles. The first-order valence-electron chi connectivity index (χ1n) is 7.38. The summed E-state index contributed by atoms with van der Waals surface area (Å²) in [4.78, 5) is 13.2. The summed E-state index contributed by atoms with van der Waals surface area (Å²) in [6.07, 6.45) is 4.26. The molecule has 1 aromatic carbocycles. The lowest BCUT2D eigenvalue weighted by atomic mass is 10.2. The summed E-state index contributed by atoms with van der Waals surface area (Å²) < 4.78 is 10.7. The summed E-state index contributed by atoms with van der Waals surface area (Å²) in [6, 6.07) is 7.43. The van der Waals surface area contributed by atoms with Gasteiger partial charge in [0.15, 0.2) is 0 Å². The van der Waals surface area contributed by atoms with Gasteiger partial charge in [0.2, 0.25) is 0 Å². The number of ether oxygens (including phenoxy) is 2. The van der Waals surface area contributed by atoms with Gasteiger partial charge in [0.25, 0.3) is 0 Å². The zero-order chi connectivity index (χ0) is 15.5. The van der Waals surface area contributed by atoms with Crippen molar-refractivity contribution < 1.29 is 14.3 Å². The number of halogens is 1. The number of benzene rings is 1. The molecule has 4 nitrogen and oxygen atoms in total. The number of alkyl halides is 1. The van der Waals surface area contributed by atoms with E-state index in [9.17, 15) is 4.79 Å². The van der Waals surface area contributed by atoms with E-state index in [1.54, 1.807) is 7.05 Å². The first kappa shape index (κ1) is 17.6. The van der Waals surface area contributed by atoms with E-state index < -0.39 is 6.09 Å². The summed E-state index contributed by atoms with van der Waals surface area (Å²) in [5.74, 6) is 1.06. The molecule has 1 amide bonds. The van der Waals surface area contributed by atoms with Crippen molar-refractivity contribution in [2.24, 2.45) is 0 Å². The number of rotatable bonds is 9. The average Bonchev–Trinajstić information content (AvgIpc) is 2.52. The van der Waals surface area contributed by atoms with Crippen LogP contribution in [0.15, 0.2) is 24.3 Å². The molecule has 0 aromatic heterocycles. The number of hydrogen-bond donors (Lipinski definition) is 0. The van der Waals surface area contributed by atoms with Gasteiger partial charge in [-0.25, -0.2) is 4.79 Å². The Morgan fingerprint density at radius 1 is 1.24 bits per heavy atom. The van der Waals surface area contributed by atoms with Crippen molar-refractivity contribution in [2.45, 2.75) is 32.6 Å². The highest BCUT2D eigenvalue weighted by Gasteiger charge is 2.12. The summed E-state index contributed by atoms with van der Waals surface area (Å²) >= 11 is 5.50. The number of carbonyl (C=O) groups is 1. The van der Waals surface area contributed by atoms with Gasteiger partial charge in [-0.2, -0.15) is 0 Å². The first-order valence-corrected chi connectivity index (χ1v) is 7.91. The maximum Gasteiger partial charge on any atom is 0.414 e.